The summed E-state index contributed by atoms with van der Waals surface area (Å²) in [5.41, 5.74) is 6.71. The maximum atomic E-state index is 13.3. The number of hydrogen-bond acceptors (Lipinski definition) is 4. The fraction of sp³-hybridized carbons (Fsp3) is 0.192. The lowest BCUT2D eigenvalue weighted by molar-refractivity contribution is 0.0965. The lowest BCUT2D eigenvalue weighted by Gasteiger charge is -2.30. The van der Waals surface area contributed by atoms with Crippen molar-refractivity contribution in [2.75, 3.05) is 11.9 Å². The van der Waals surface area contributed by atoms with Crippen LogP contribution in [0.4, 0.5) is 5.69 Å². The Morgan fingerprint density at radius 2 is 2.00 bits per heavy atom. The highest BCUT2D eigenvalue weighted by Gasteiger charge is 2.29. The maximum absolute atomic E-state index is 13.3. The van der Waals surface area contributed by atoms with Gasteiger partial charge in [-0.15, -0.1) is 0 Å². The lowest BCUT2D eigenvalue weighted by Crippen LogP contribution is -2.33. The van der Waals surface area contributed by atoms with Crippen molar-refractivity contribution in [2.24, 2.45) is 15.9 Å². The van der Waals surface area contributed by atoms with Crippen LogP contribution in [0.3, 0.4) is 0 Å². The quantitative estimate of drug-likeness (QED) is 0.677. The third-order valence-electron chi connectivity index (χ3n) is 6.05. The smallest absolute Gasteiger partial charge is 0.255 e. The van der Waals surface area contributed by atoms with Gasteiger partial charge in [0.15, 0.2) is 0 Å². The standard InChI is InChI=1S/C26H23ClN4O/c1-16-5-10-22-21(12-14-29-25(22)30-19-8-6-18(27)7-9-19)24(16)31-26(32)23-4-2-3-17-15-28-13-11-20(17)23/h2-9,12,14-15,22H,10-11,13H2,1H3,(H,29,30)(H,31,32). The molecule has 0 bridgehead atoms. The van der Waals surface area contributed by atoms with Crippen LogP contribution in [0.25, 0.3) is 0 Å². The summed E-state index contributed by atoms with van der Waals surface area (Å²) in [6.07, 6.45) is 9.40. The molecular formula is C26H23ClN4O. The number of amides is 1. The number of amidine groups is 1. The normalized spacial score (nSPS) is 19.0. The number of anilines is 1. The summed E-state index contributed by atoms with van der Waals surface area (Å²) in [5.74, 6) is 0.816. The number of rotatable bonds is 3. The van der Waals surface area contributed by atoms with E-state index in [4.69, 9.17) is 11.6 Å². The molecule has 0 aromatic heterocycles. The van der Waals surface area contributed by atoms with Crippen molar-refractivity contribution in [1.29, 1.82) is 0 Å². The van der Waals surface area contributed by atoms with Crippen LogP contribution in [0, 0.1) is 5.92 Å². The largest absolute Gasteiger partial charge is 0.343 e. The summed E-state index contributed by atoms with van der Waals surface area (Å²) < 4.78 is 0. The molecule has 0 saturated heterocycles. The van der Waals surface area contributed by atoms with Crippen molar-refractivity contribution >= 4 is 35.2 Å². The average molecular weight is 443 g/mol. The van der Waals surface area contributed by atoms with Crippen molar-refractivity contribution in [2.45, 2.75) is 19.8 Å². The molecule has 0 fully saturated rings. The first-order chi connectivity index (χ1) is 15.6. The van der Waals surface area contributed by atoms with E-state index in [1.165, 1.54) is 0 Å². The van der Waals surface area contributed by atoms with Gasteiger partial charge in [0, 0.05) is 46.8 Å². The van der Waals surface area contributed by atoms with Gasteiger partial charge in [0.1, 0.15) is 5.84 Å². The van der Waals surface area contributed by atoms with Crippen LogP contribution >= 0.6 is 11.6 Å². The SMILES string of the molecule is CC1=CCC2C(Nc3ccc(Cl)cc3)=NC=CC2=C1NC(=O)c1cccc2c1CCN=C2. The average Bonchev–Trinajstić information content (AvgIpc) is 2.82. The van der Waals surface area contributed by atoms with E-state index in [0.717, 1.165) is 52.3 Å². The third kappa shape index (κ3) is 3.92. The number of fused-ring (bicyclic) bond motifs is 2. The highest BCUT2D eigenvalue weighted by molar-refractivity contribution is 6.30. The lowest BCUT2D eigenvalue weighted by atomic mass is 9.84. The minimum Gasteiger partial charge on any atom is -0.343 e. The Bertz CT molecular complexity index is 1230. The van der Waals surface area contributed by atoms with Crippen LogP contribution in [0.1, 0.15) is 34.8 Å². The summed E-state index contributed by atoms with van der Waals surface area (Å²) in [6, 6.07) is 13.4. The highest BCUT2D eigenvalue weighted by Crippen LogP contribution is 2.34. The number of nitrogens with one attached hydrogen (secondary N) is 2. The number of allylic oxidation sites excluding steroid dienone is 3. The molecule has 1 aliphatic carbocycles. The second-order valence-corrected chi connectivity index (χ2v) is 8.52. The van der Waals surface area contributed by atoms with Gasteiger partial charge >= 0.3 is 0 Å². The van der Waals surface area contributed by atoms with Gasteiger partial charge in [-0.2, -0.15) is 0 Å². The first kappa shape index (κ1) is 20.5. The molecular weight excluding hydrogens is 420 g/mol. The summed E-state index contributed by atoms with van der Waals surface area (Å²) >= 11 is 6.01. The number of carbonyl (C=O) groups excluding carboxylic acids is 1. The van der Waals surface area contributed by atoms with Gasteiger partial charge in [-0.25, -0.2) is 4.99 Å². The molecule has 0 saturated carbocycles. The molecule has 5 nitrogen and oxygen atoms in total. The van der Waals surface area contributed by atoms with E-state index in [9.17, 15) is 4.79 Å². The molecule has 1 amide bonds. The van der Waals surface area contributed by atoms with Gasteiger partial charge in [0.25, 0.3) is 5.91 Å². The Labute approximate surface area is 192 Å². The predicted octanol–water partition coefficient (Wildman–Crippen LogP) is 5.30. The molecule has 2 heterocycles. The van der Waals surface area contributed by atoms with Gasteiger partial charge in [-0.05, 0) is 78.4 Å². The van der Waals surface area contributed by atoms with Crippen LogP contribution < -0.4 is 10.6 Å². The van der Waals surface area contributed by atoms with Crippen molar-refractivity contribution in [3.05, 3.63) is 99.4 Å². The Kier molecular flexibility index (Phi) is 5.50. The van der Waals surface area contributed by atoms with Crippen LogP contribution in [-0.2, 0) is 6.42 Å². The fourth-order valence-electron chi connectivity index (χ4n) is 4.38. The minimum absolute atomic E-state index is 0.0477. The van der Waals surface area contributed by atoms with Crippen molar-refractivity contribution < 1.29 is 4.79 Å². The predicted molar refractivity (Wildman–Crippen MR) is 131 cm³/mol. The van der Waals surface area contributed by atoms with Gasteiger partial charge in [0.05, 0.1) is 0 Å². The summed E-state index contributed by atoms with van der Waals surface area (Å²) in [4.78, 5) is 22.2. The number of nitrogens with zero attached hydrogens (tertiary/aromatic N) is 2. The molecule has 2 aromatic carbocycles. The summed E-state index contributed by atoms with van der Waals surface area (Å²) in [7, 11) is 0. The van der Waals surface area contributed by atoms with Crippen LogP contribution in [-0.4, -0.2) is 24.5 Å². The van der Waals surface area contributed by atoms with E-state index in [0.29, 0.717) is 17.1 Å². The highest BCUT2D eigenvalue weighted by atomic mass is 35.5. The number of carbonyl (C=O) groups is 1. The Hall–Kier alpha value is -3.44. The molecule has 2 aliphatic heterocycles. The zero-order chi connectivity index (χ0) is 22.1. The molecule has 160 valence electrons. The van der Waals surface area contributed by atoms with E-state index >= 15 is 0 Å². The first-order valence-electron chi connectivity index (χ1n) is 10.7. The monoisotopic (exact) mass is 442 g/mol. The number of aliphatic imine (C=N–C) groups is 2. The van der Waals surface area contributed by atoms with Gasteiger partial charge in [0.2, 0.25) is 0 Å². The number of halogens is 1. The zero-order valence-corrected chi connectivity index (χ0v) is 18.5. The van der Waals surface area contributed by atoms with E-state index in [1.54, 1.807) is 6.20 Å². The zero-order valence-electron chi connectivity index (χ0n) is 17.7. The van der Waals surface area contributed by atoms with E-state index in [1.807, 2.05) is 61.7 Å². The number of benzene rings is 2. The second-order valence-electron chi connectivity index (χ2n) is 8.08. The van der Waals surface area contributed by atoms with Crippen molar-refractivity contribution in [1.82, 2.24) is 5.32 Å². The molecule has 1 atom stereocenters. The van der Waals surface area contributed by atoms with E-state index in [2.05, 4.69) is 26.7 Å². The Balaban J connectivity index is 1.43. The molecule has 2 N–H and O–H groups in total. The molecule has 0 spiro atoms. The molecule has 32 heavy (non-hydrogen) atoms. The van der Waals surface area contributed by atoms with Crippen LogP contribution in [0.5, 0.6) is 0 Å². The fourth-order valence-corrected chi connectivity index (χ4v) is 4.51. The maximum Gasteiger partial charge on any atom is 0.255 e. The van der Waals surface area contributed by atoms with Crippen molar-refractivity contribution in [3.8, 4) is 0 Å². The van der Waals surface area contributed by atoms with Gasteiger partial charge in [-0.3, -0.25) is 9.79 Å². The molecule has 1 unspecified atom stereocenters. The third-order valence-corrected chi connectivity index (χ3v) is 6.30. The molecule has 6 heteroatoms. The number of hydrogen-bond donors (Lipinski definition) is 2. The first-order valence-corrected chi connectivity index (χ1v) is 11.1. The van der Waals surface area contributed by atoms with E-state index in [-0.39, 0.29) is 11.8 Å². The van der Waals surface area contributed by atoms with Crippen LogP contribution in [0.2, 0.25) is 5.02 Å². The van der Waals surface area contributed by atoms with Gasteiger partial charge < -0.3 is 10.6 Å². The summed E-state index contributed by atoms with van der Waals surface area (Å²) in [5, 5.41) is 7.31. The van der Waals surface area contributed by atoms with Gasteiger partial charge in [-0.1, -0.05) is 29.8 Å². The Morgan fingerprint density at radius 1 is 1.16 bits per heavy atom. The molecule has 5 rings (SSSR count). The van der Waals surface area contributed by atoms with E-state index < -0.39 is 0 Å². The molecule has 3 aliphatic rings. The molecule has 0 radical (unpaired) electrons. The molecule has 2 aromatic rings. The van der Waals surface area contributed by atoms with Crippen molar-refractivity contribution in [3.63, 3.8) is 0 Å². The Morgan fingerprint density at radius 3 is 2.84 bits per heavy atom. The second kappa shape index (κ2) is 8.60. The summed E-state index contributed by atoms with van der Waals surface area (Å²) in [6.45, 7) is 2.75. The van der Waals surface area contributed by atoms with Crippen LogP contribution in [0.15, 0.2) is 87.6 Å². The minimum atomic E-state index is -0.0869. The topological polar surface area (TPSA) is 65.8 Å².